The summed E-state index contributed by atoms with van der Waals surface area (Å²) in [4.78, 5) is 23.5. The first kappa shape index (κ1) is 19.5. The normalized spacial score (nSPS) is 11.1. The lowest BCUT2D eigenvalue weighted by Crippen LogP contribution is -2.31. The summed E-state index contributed by atoms with van der Waals surface area (Å²) in [5.74, 6) is -0.194. The maximum Gasteiger partial charge on any atom is 0.269 e. The molecule has 0 unspecified atom stereocenters. The molecule has 138 valence electrons. The van der Waals surface area contributed by atoms with E-state index in [4.69, 9.17) is 0 Å². The van der Waals surface area contributed by atoms with Crippen molar-refractivity contribution < 1.29 is 18.1 Å². The van der Waals surface area contributed by atoms with E-state index in [2.05, 4.69) is 4.72 Å². The second kappa shape index (κ2) is 8.54. The molecule has 2 aromatic carbocycles. The Morgan fingerprint density at radius 2 is 1.73 bits per heavy atom. The molecule has 0 spiro atoms. The molecule has 0 saturated heterocycles. The van der Waals surface area contributed by atoms with E-state index in [1.54, 1.807) is 7.05 Å². The molecular weight excluding hydrogens is 358 g/mol. The van der Waals surface area contributed by atoms with Crippen LogP contribution in [0.1, 0.15) is 12.0 Å². The number of rotatable bonds is 8. The largest absolute Gasteiger partial charge is 0.341 e. The van der Waals surface area contributed by atoms with Crippen LogP contribution in [0.5, 0.6) is 0 Å². The molecule has 2 aromatic rings. The predicted molar refractivity (Wildman–Crippen MR) is 95.8 cm³/mol. The number of carbonyl (C=O) groups is 1. The number of sulfonamides is 1. The molecule has 0 radical (unpaired) electrons. The zero-order chi connectivity index (χ0) is 19.2. The van der Waals surface area contributed by atoms with Gasteiger partial charge in [0.2, 0.25) is 15.9 Å². The number of nitrogens with zero attached hydrogens (tertiary/aromatic N) is 2. The summed E-state index contributed by atoms with van der Waals surface area (Å²) in [7, 11) is -2.17. The topological polar surface area (TPSA) is 110 Å². The Morgan fingerprint density at radius 3 is 2.31 bits per heavy atom. The van der Waals surface area contributed by atoms with Gasteiger partial charge in [-0.25, -0.2) is 13.1 Å². The Bertz CT molecular complexity index is 867. The number of nitrogens with one attached hydrogen (secondary N) is 1. The first-order valence-electron chi connectivity index (χ1n) is 7.81. The van der Waals surface area contributed by atoms with Gasteiger partial charge in [0.15, 0.2) is 0 Å². The molecule has 0 heterocycles. The number of hydrogen-bond donors (Lipinski definition) is 1. The lowest BCUT2D eigenvalue weighted by atomic mass is 10.2. The highest BCUT2D eigenvalue weighted by molar-refractivity contribution is 7.89. The average molecular weight is 377 g/mol. The third-order valence-electron chi connectivity index (χ3n) is 3.68. The van der Waals surface area contributed by atoms with Crippen molar-refractivity contribution in [3.05, 3.63) is 70.3 Å². The van der Waals surface area contributed by atoms with E-state index in [0.717, 1.165) is 29.8 Å². The lowest BCUT2D eigenvalue weighted by molar-refractivity contribution is -0.384. The minimum atomic E-state index is -3.83. The van der Waals surface area contributed by atoms with E-state index >= 15 is 0 Å². The van der Waals surface area contributed by atoms with E-state index in [1.165, 1.54) is 4.90 Å². The molecule has 0 aliphatic heterocycles. The van der Waals surface area contributed by atoms with Crippen LogP contribution in [-0.2, 0) is 21.4 Å². The van der Waals surface area contributed by atoms with E-state index in [9.17, 15) is 23.3 Å². The molecule has 0 saturated carbocycles. The van der Waals surface area contributed by atoms with Gasteiger partial charge in [0.1, 0.15) is 0 Å². The van der Waals surface area contributed by atoms with Crippen molar-refractivity contribution in [1.29, 1.82) is 0 Å². The molecule has 0 aromatic heterocycles. The molecule has 8 nitrogen and oxygen atoms in total. The molecule has 0 atom stereocenters. The zero-order valence-electron chi connectivity index (χ0n) is 14.2. The summed E-state index contributed by atoms with van der Waals surface area (Å²) < 4.78 is 26.6. The molecule has 1 amide bonds. The minimum absolute atomic E-state index is 0.00947. The van der Waals surface area contributed by atoms with Crippen LogP contribution in [0.25, 0.3) is 0 Å². The summed E-state index contributed by atoms with van der Waals surface area (Å²) >= 11 is 0. The second-order valence-electron chi connectivity index (χ2n) is 5.63. The smallest absolute Gasteiger partial charge is 0.269 e. The Labute approximate surface area is 151 Å². The number of benzene rings is 2. The van der Waals surface area contributed by atoms with Crippen molar-refractivity contribution >= 4 is 21.6 Å². The van der Waals surface area contributed by atoms with Crippen LogP contribution in [-0.4, -0.2) is 37.7 Å². The number of carbonyl (C=O) groups excluding carboxylic acids is 1. The molecule has 0 fully saturated rings. The highest BCUT2D eigenvalue weighted by Crippen LogP contribution is 2.15. The van der Waals surface area contributed by atoms with Crippen LogP contribution in [0.4, 0.5) is 5.69 Å². The fourth-order valence-corrected chi connectivity index (χ4v) is 3.29. The third kappa shape index (κ3) is 5.36. The maximum absolute atomic E-state index is 12.1. The van der Waals surface area contributed by atoms with Crippen LogP contribution >= 0.6 is 0 Å². The quantitative estimate of drug-likeness (QED) is 0.558. The number of nitro benzene ring substituents is 1. The Hall–Kier alpha value is -2.78. The maximum atomic E-state index is 12.1. The summed E-state index contributed by atoms with van der Waals surface area (Å²) in [6.45, 7) is 0.381. The molecular formula is C17H19N3O5S. The van der Waals surface area contributed by atoms with Crippen molar-refractivity contribution in [3.63, 3.8) is 0 Å². The Balaban J connectivity index is 1.87. The van der Waals surface area contributed by atoms with Crippen LogP contribution in [0, 0.1) is 10.1 Å². The van der Waals surface area contributed by atoms with Crippen LogP contribution in [0.15, 0.2) is 59.5 Å². The van der Waals surface area contributed by atoms with Crippen molar-refractivity contribution in [3.8, 4) is 0 Å². The van der Waals surface area contributed by atoms with E-state index < -0.39 is 14.9 Å². The van der Waals surface area contributed by atoms with Gasteiger partial charge in [0, 0.05) is 38.7 Å². The molecule has 0 aliphatic rings. The van der Waals surface area contributed by atoms with Crippen molar-refractivity contribution in [1.82, 2.24) is 9.62 Å². The standard InChI is InChI=1S/C17H19N3O5S/c1-19(13-14-5-3-2-4-6-14)17(21)11-12-18-26(24,25)16-9-7-15(8-10-16)20(22)23/h2-10,18H,11-13H2,1H3. The van der Waals surface area contributed by atoms with E-state index in [1.807, 2.05) is 30.3 Å². The van der Waals surface area contributed by atoms with Gasteiger partial charge in [0.25, 0.3) is 5.69 Å². The fraction of sp³-hybridized carbons (Fsp3) is 0.235. The molecule has 0 bridgehead atoms. The zero-order valence-corrected chi connectivity index (χ0v) is 15.0. The summed E-state index contributed by atoms with van der Waals surface area (Å²) in [5, 5.41) is 10.6. The average Bonchev–Trinajstić information content (AvgIpc) is 2.62. The van der Waals surface area contributed by atoms with Gasteiger partial charge in [-0.2, -0.15) is 0 Å². The van der Waals surface area contributed by atoms with Crippen molar-refractivity contribution in [2.75, 3.05) is 13.6 Å². The molecule has 9 heteroatoms. The highest BCUT2D eigenvalue weighted by Gasteiger charge is 2.17. The summed E-state index contributed by atoms with van der Waals surface area (Å²) in [6, 6.07) is 14.0. The van der Waals surface area contributed by atoms with Gasteiger partial charge >= 0.3 is 0 Å². The second-order valence-corrected chi connectivity index (χ2v) is 7.40. The van der Waals surface area contributed by atoms with E-state index in [-0.39, 0.29) is 29.5 Å². The van der Waals surface area contributed by atoms with Gasteiger partial charge in [-0.15, -0.1) is 0 Å². The minimum Gasteiger partial charge on any atom is -0.341 e. The first-order valence-corrected chi connectivity index (χ1v) is 9.30. The van der Waals surface area contributed by atoms with Gasteiger partial charge < -0.3 is 4.90 Å². The highest BCUT2D eigenvalue weighted by atomic mass is 32.2. The first-order chi connectivity index (χ1) is 12.3. The molecule has 0 aliphatic carbocycles. The van der Waals surface area contributed by atoms with Gasteiger partial charge in [-0.1, -0.05) is 30.3 Å². The van der Waals surface area contributed by atoms with Crippen LogP contribution < -0.4 is 4.72 Å². The predicted octanol–water partition coefficient (Wildman–Crippen LogP) is 1.92. The number of hydrogen-bond acceptors (Lipinski definition) is 5. The summed E-state index contributed by atoms with van der Waals surface area (Å²) in [6.07, 6.45) is 0.00947. The third-order valence-corrected chi connectivity index (χ3v) is 5.15. The van der Waals surface area contributed by atoms with Crippen LogP contribution in [0.3, 0.4) is 0 Å². The number of nitro groups is 1. The van der Waals surface area contributed by atoms with Gasteiger partial charge in [0.05, 0.1) is 9.82 Å². The van der Waals surface area contributed by atoms with Gasteiger partial charge in [-0.05, 0) is 17.7 Å². The Kier molecular flexibility index (Phi) is 6.42. The van der Waals surface area contributed by atoms with Gasteiger partial charge in [-0.3, -0.25) is 14.9 Å². The molecule has 26 heavy (non-hydrogen) atoms. The fourth-order valence-electron chi connectivity index (χ4n) is 2.26. The number of non-ortho nitro benzene ring substituents is 1. The van der Waals surface area contributed by atoms with Crippen LogP contribution in [0.2, 0.25) is 0 Å². The lowest BCUT2D eigenvalue weighted by Gasteiger charge is -2.17. The SMILES string of the molecule is CN(Cc1ccccc1)C(=O)CCNS(=O)(=O)c1ccc([N+](=O)[O-])cc1. The Morgan fingerprint density at radius 1 is 1.12 bits per heavy atom. The molecule has 2 rings (SSSR count). The van der Waals surface area contributed by atoms with Crippen molar-refractivity contribution in [2.45, 2.75) is 17.9 Å². The molecule has 1 N–H and O–H groups in total. The van der Waals surface area contributed by atoms with E-state index in [0.29, 0.717) is 6.54 Å². The van der Waals surface area contributed by atoms with Crippen molar-refractivity contribution in [2.24, 2.45) is 0 Å². The monoisotopic (exact) mass is 377 g/mol. The summed E-state index contributed by atoms with van der Waals surface area (Å²) in [5.41, 5.74) is 0.788. The number of amides is 1.